The monoisotopic (exact) mass is 346 g/mol. The van der Waals surface area contributed by atoms with Crippen LogP contribution in [0.15, 0.2) is 61.2 Å². The van der Waals surface area contributed by atoms with Crippen molar-refractivity contribution in [1.29, 1.82) is 0 Å². The Labute approximate surface area is 141 Å². The van der Waals surface area contributed by atoms with Gasteiger partial charge in [-0.2, -0.15) is 13.2 Å². The first-order valence-corrected chi connectivity index (χ1v) is 7.33. The molecule has 3 aromatic rings. The molecule has 0 bridgehead atoms. The smallest absolute Gasteiger partial charge is 0.326 e. The second kappa shape index (κ2) is 6.76. The minimum atomic E-state index is -4.49. The zero-order chi connectivity index (χ0) is 17.9. The molecule has 0 aliphatic carbocycles. The van der Waals surface area contributed by atoms with Gasteiger partial charge < -0.3 is 5.32 Å². The Hall–Kier alpha value is -3.16. The van der Waals surface area contributed by atoms with E-state index in [4.69, 9.17) is 0 Å². The van der Waals surface area contributed by atoms with E-state index in [1.165, 1.54) is 30.9 Å². The van der Waals surface area contributed by atoms with Crippen LogP contribution in [0.2, 0.25) is 0 Å². The van der Waals surface area contributed by atoms with E-state index in [0.29, 0.717) is 5.69 Å². The second-order valence-electron chi connectivity index (χ2n) is 5.30. The molecule has 0 spiro atoms. The Morgan fingerprint density at radius 3 is 2.48 bits per heavy atom. The molecule has 1 heterocycles. The summed E-state index contributed by atoms with van der Waals surface area (Å²) in [7, 11) is 0. The van der Waals surface area contributed by atoms with Crippen LogP contribution in [0.4, 0.5) is 18.9 Å². The van der Waals surface area contributed by atoms with Crippen LogP contribution in [0.3, 0.4) is 0 Å². The number of hydrogen-bond donors (Lipinski definition) is 1. The van der Waals surface area contributed by atoms with E-state index >= 15 is 0 Å². The molecular weight excluding hydrogens is 333 g/mol. The van der Waals surface area contributed by atoms with Gasteiger partial charge >= 0.3 is 6.18 Å². The number of rotatable bonds is 4. The van der Waals surface area contributed by atoms with Gasteiger partial charge in [0.15, 0.2) is 0 Å². The highest BCUT2D eigenvalue weighted by Gasteiger charge is 2.33. The molecule has 0 unspecified atom stereocenters. The van der Waals surface area contributed by atoms with Gasteiger partial charge in [-0.15, -0.1) is 10.2 Å². The maximum atomic E-state index is 13.0. The fourth-order valence-corrected chi connectivity index (χ4v) is 2.41. The molecule has 0 aliphatic rings. The van der Waals surface area contributed by atoms with Gasteiger partial charge in [-0.05, 0) is 29.8 Å². The Bertz CT molecular complexity index is 876. The third-order valence-corrected chi connectivity index (χ3v) is 3.52. The molecule has 1 N–H and O–H groups in total. The second-order valence-corrected chi connectivity index (χ2v) is 5.30. The maximum Gasteiger partial charge on any atom is 0.416 e. The van der Waals surface area contributed by atoms with Crippen LogP contribution >= 0.6 is 0 Å². The zero-order valence-electron chi connectivity index (χ0n) is 12.9. The summed E-state index contributed by atoms with van der Waals surface area (Å²) in [6.07, 6.45) is -1.86. The highest BCUT2D eigenvalue weighted by molar-refractivity contribution is 5.92. The molecule has 0 saturated heterocycles. The zero-order valence-corrected chi connectivity index (χ0v) is 12.9. The normalized spacial score (nSPS) is 11.3. The lowest BCUT2D eigenvalue weighted by Crippen LogP contribution is -2.18. The minimum Gasteiger partial charge on any atom is -0.326 e. The van der Waals surface area contributed by atoms with Gasteiger partial charge in [0, 0.05) is 5.69 Å². The van der Waals surface area contributed by atoms with Crippen LogP contribution in [0.25, 0.3) is 5.69 Å². The van der Waals surface area contributed by atoms with Crippen LogP contribution in [0, 0.1) is 0 Å². The van der Waals surface area contributed by atoms with Gasteiger partial charge in [0.2, 0.25) is 5.91 Å². The molecular formula is C17H13F3N4O. The van der Waals surface area contributed by atoms with Crippen LogP contribution < -0.4 is 5.32 Å². The summed E-state index contributed by atoms with van der Waals surface area (Å²) in [5, 5.41) is 10.0. The number of amides is 1. The van der Waals surface area contributed by atoms with E-state index in [1.807, 2.05) is 0 Å². The molecule has 1 amide bonds. The molecule has 25 heavy (non-hydrogen) atoms. The summed E-state index contributed by atoms with van der Waals surface area (Å²) in [4.78, 5) is 12.1. The van der Waals surface area contributed by atoms with Crippen molar-refractivity contribution in [2.75, 3.05) is 5.32 Å². The third kappa shape index (κ3) is 4.03. The molecule has 0 aliphatic heterocycles. The quantitative estimate of drug-likeness (QED) is 0.787. The molecule has 3 rings (SSSR count). The molecule has 0 atom stereocenters. The maximum absolute atomic E-state index is 13.0. The van der Waals surface area contributed by atoms with E-state index in [1.54, 1.807) is 28.8 Å². The third-order valence-electron chi connectivity index (χ3n) is 3.52. The van der Waals surface area contributed by atoms with Crippen molar-refractivity contribution in [1.82, 2.24) is 14.8 Å². The van der Waals surface area contributed by atoms with Crippen molar-refractivity contribution >= 4 is 11.6 Å². The number of halogens is 3. The molecule has 0 radical (unpaired) electrons. The summed E-state index contributed by atoms with van der Waals surface area (Å²) in [5.74, 6) is -0.530. The average molecular weight is 346 g/mol. The topological polar surface area (TPSA) is 59.8 Å². The fourth-order valence-electron chi connectivity index (χ4n) is 2.41. The van der Waals surface area contributed by atoms with Gasteiger partial charge in [0.05, 0.1) is 17.7 Å². The number of aromatic nitrogens is 3. The highest BCUT2D eigenvalue weighted by atomic mass is 19.4. The van der Waals surface area contributed by atoms with Gasteiger partial charge in [-0.1, -0.05) is 24.3 Å². The summed E-state index contributed by atoms with van der Waals surface area (Å²) in [6, 6.07) is 11.9. The van der Waals surface area contributed by atoms with Gasteiger partial charge in [-0.25, -0.2) is 0 Å². The summed E-state index contributed by atoms with van der Waals surface area (Å²) < 4.78 is 40.6. The lowest BCUT2D eigenvalue weighted by molar-refractivity contribution is -0.138. The van der Waals surface area contributed by atoms with E-state index in [0.717, 1.165) is 11.8 Å². The van der Waals surface area contributed by atoms with Crippen LogP contribution in [0.5, 0.6) is 0 Å². The summed E-state index contributed by atoms with van der Waals surface area (Å²) in [5.41, 5.74) is 0.324. The number of benzene rings is 2. The van der Waals surface area contributed by atoms with Crippen molar-refractivity contribution in [2.45, 2.75) is 12.6 Å². The van der Waals surface area contributed by atoms with Crippen molar-refractivity contribution in [3.8, 4) is 5.69 Å². The first-order valence-electron chi connectivity index (χ1n) is 7.33. The van der Waals surface area contributed by atoms with Gasteiger partial charge in [-0.3, -0.25) is 9.36 Å². The molecule has 8 heteroatoms. The average Bonchev–Trinajstić information content (AvgIpc) is 3.09. The number of anilines is 1. The first kappa shape index (κ1) is 16.7. The largest absolute Gasteiger partial charge is 0.416 e. The van der Waals surface area contributed by atoms with E-state index in [9.17, 15) is 18.0 Å². The van der Waals surface area contributed by atoms with Crippen molar-refractivity contribution < 1.29 is 18.0 Å². The Balaban J connectivity index is 1.75. The number of alkyl halides is 3. The van der Waals surface area contributed by atoms with Crippen LogP contribution in [-0.4, -0.2) is 20.7 Å². The number of carbonyl (C=O) groups is 1. The van der Waals surface area contributed by atoms with E-state index in [2.05, 4.69) is 15.5 Å². The predicted molar refractivity (Wildman–Crippen MR) is 85.1 cm³/mol. The number of nitrogens with zero attached hydrogens (tertiary/aromatic N) is 3. The molecule has 0 fully saturated rings. The van der Waals surface area contributed by atoms with Crippen molar-refractivity contribution in [3.05, 3.63) is 72.3 Å². The van der Waals surface area contributed by atoms with Crippen LogP contribution in [0.1, 0.15) is 11.1 Å². The Morgan fingerprint density at radius 2 is 1.76 bits per heavy atom. The first-order chi connectivity index (χ1) is 11.9. The minimum absolute atomic E-state index is 0.0672. The fraction of sp³-hybridized carbons (Fsp3) is 0.118. The number of nitrogens with one attached hydrogen (secondary N) is 1. The van der Waals surface area contributed by atoms with Crippen LogP contribution in [-0.2, 0) is 17.4 Å². The highest BCUT2D eigenvalue weighted by Crippen LogP contribution is 2.32. The molecule has 5 nitrogen and oxygen atoms in total. The van der Waals surface area contributed by atoms with Crippen molar-refractivity contribution in [3.63, 3.8) is 0 Å². The lowest BCUT2D eigenvalue weighted by atomic mass is 10.0. The summed E-state index contributed by atoms with van der Waals surface area (Å²) in [6.45, 7) is 0. The van der Waals surface area contributed by atoms with Crippen molar-refractivity contribution in [2.24, 2.45) is 0 Å². The molecule has 2 aromatic carbocycles. The lowest BCUT2D eigenvalue weighted by Gasteiger charge is -2.13. The standard InChI is InChI=1S/C17H13F3N4O/c18-17(19,20)15-7-2-1-4-12(15)8-16(25)23-13-5-3-6-14(9-13)24-10-21-22-11-24/h1-7,9-11H,8H2,(H,23,25). The number of hydrogen-bond acceptors (Lipinski definition) is 3. The number of carbonyl (C=O) groups excluding carboxylic acids is 1. The molecule has 128 valence electrons. The Morgan fingerprint density at radius 1 is 1.04 bits per heavy atom. The van der Waals surface area contributed by atoms with E-state index < -0.39 is 17.6 Å². The van der Waals surface area contributed by atoms with Gasteiger partial charge in [0.25, 0.3) is 0 Å². The summed E-state index contributed by atoms with van der Waals surface area (Å²) >= 11 is 0. The predicted octanol–water partition coefficient (Wildman–Crippen LogP) is 3.47. The Kier molecular flexibility index (Phi) is 4.51. The molecule has 1 aromatic heterocycles. The SMILES string of the molecule is O=C(Cc1ccccc1C(F)(F)F)Nc1cccc(-n2cnnc2)c1. The van der Waals surface area contributed by atoms with Gasteiger partial charge in [0.1, 0.15) is 12.7 Å². The van der Waals surface area contributed by atoms with E-state index in [-0.39, 0.29) is 12.0 Å². The molecule has 0 saturated carbocycles.